The van der Waals surface area contributed by atoms with Crippen LogP contribution in [-0.2, 0) is 0 Å². The summed E-state index contributed by atoms with van der Waals surface area (Å²) in [5, 5.41) is 0.277. The van der Waals surface area contributed by atoms with Gasteiger partial charge in [0.2, 0.25) is 0 Å². The first-order chi connectivity index (χ1) is 5.52. The number of rotatable bonds is 1. The summed E-state index contributed by atoms with van der Waals surface area (Å²) in [5.41, 5.74) is -0.102. The minimum Gasteiger partial charge on any atom is -0.205 e. The molecular weight excluding hydrogens is 317 g/mol. The molecule has 1 aromatic carbocycles. The van der Waals surface area contributed by atoms with Gasteiger partial charge in [-0.25, -0.2) is 8.78 Å². The van der Waals surface area contributed by atoms with Gasteiger partial charge in [-0.05, 0) is 28.1 Å². The van der Waals surface area contributed by atoms with Gasteiger partial charge in [0.25, 0.3) is 6.43 Å². The van der Waals surface area contributed by atoms with E-state index in [1.54, 1.807) is 6.07 Å². The summed E-state index contributed by atoms with van der Waals surface area (Å²) in [4.78, 5) is 0. The highest BCUT2D eigenvalue weighted by atomic mass is 79.9. The fourth-order valence-electron chi connectivity index (χ4n) is 0.735. The summed E-state index contributed by atoms with van der Waals surface area (Å²) >= 11 is 11.7. The van der Waals surface area contributed by atoms with Crippen molar-refractivity contribution in [1.29, 1.82) is 0 Å². The van der Waals surface area contributed by atoms with Crippen molar-refractivity contribution in [2.75, 3.05) is 0 Å². The maximum absolute atomic E-state index is 12.3. The Labute approximate surface area is 90.2 Å². The van der Waals surface area contributed by atoms with Crippen LogP contribution in [0.4, 0.5) is 8.78 Å². The van der Waals surface area contributed by atoms with Crippen molar-refractivity contribution in [3.8, 4) is 0 Å². The van der Waals surface area contributed by atoms with Crippen LogP contribution in [0.25, 0.3) is 0 Å². The van der Waals surface area contributed by atoms with Crippen molar-refractivity contribution >= 4 is 43.5 Å². The largest absolute Gasteiger partial charge is 0.265 e. The molecule has 0 aliphatic carbocycles. The molecule has 0 atom stereocenters. The van der Waals surface area contributed by atoms with Crippen molar-refractivity contribution in [3.05, 3.63) is 31.7 Å². The first-order valence-corrected chi connectivity index (χ1v) is 4.91. The molecule has 12 heavy (non-hydrogen) atoms. The predicted octanol–water partition coefficient (Wildman–Crippen LogP) is 4.80. The first-order valence-electron chi connectivity index (χ1n) is 2.95. The van der Waals surface area contributed by atoms with E-state index >= 15 is 0 Å². The molecule has 0 radical (unpaired) electrons. The van der Waals surface area contributed by atoms with Crippen LogP contribution in [0.2, 0.25) is 5.02 Å². The average Bonchev–Trinajstić information content (AvgIpc) is 1.96. The molecule has 0 heterocycles. The number of hydrogen-bond donors (Lipinski definition) is 0. The van der Waals surface area contributed by atoms with Crippen molar-refractivity contribution < 1.29 is 8.78 Å². The normalized spacial score (nSPS) is 10.8. The van der Waals surface area contributed by atoms with Crippen molar-refractivity contribution in [3.63, 3.8) is 0 Å². The molecule has 0 bridgehead atoms. The molecule has 0 nitrogen and oxygen atoms in total. The van der Waals surface area contributed by atoms with Gasteiger partial charge >= 0.3 is 0 Å². The lowest BCUT2D eigenvalue weighted by Crippen LogP contribution is -1.87. The Kier molecular flexibility index (Phi) is 3.49. The van der Waals surface area contributed by atoms with Crippen LogP contribution in [0.15, 0.2) is 21.1 Å². The fourth-order valence-corrected chi connectivity index (χ4v) is 1.97. The van der Waals surface area contributed by atoms with Crippen molar-refractivity contribution in [2.24, 2.45) is 0 Å². The van der Waals surface area contributed by atoms with Gasteiger partial charge in [-0.2, -0.15) is 0 Å². The van der Waals surface area contributed by atoms with Gasteiger partial charge in [0.1, 0.15) is 0 Å². The van der Waals surface area contributed by atoms with Crippen molar-refractivity contribution in [2.45, 2.75) is 6.43 Å². The van der Waals surface area contributed by atoms with Gasteiger partial charge < -0.3 is 0 Å². The monoisotopic (exact) mass is 318 g/mol. The molecule has 1 rings (SSSR count). The zero-order valence-electron chi connectivity index (χ0n) is 5.62. The molecule has 0 fully saturated rings. The summed E-state index contributed by atoms with van der Waals surface area (Å²) in [6, 6.07) is 2.89. The van der Waals surface area contributed by atoms with Crippen LogP contribution >= 0.6 is 43.5 Å². The van der Waals surface area contributed by atoms with E-state index in [2.05, 4.69) is 31.9 Å². The third-order valence-corrected chi connectivity index (χ3v) is 3.13. The molecule has 0 saturated carbocycles. The molecular formula is C7H3Br2ClF2. The van der Waals surface area contributed by atoms with Crippen LogP contribution in [-0.4, -0.2) is 0 Å². The Balaban J connectivity index is 3.28. The van der Waals surface area contributed by atoms with Gasteiger partial charge in [0.15, 0.2) is 0 Å². The molecule has 0 aliphatic rings. The minimum absolute atomic E-state index is 0.102. The second-order valence-corrected chi connectivity index (χ2v) is 4.21. The van der Waals surface area contributed by atoms with Crippen LogP contribution in [0.1, 0.15) is 12.0 Å². The maximum Gasteiger partial charge on any atom is 0.265 e. The maximum atomic E-state index is 12.3. The van der Waals surface area contributed by atoms with Crippen molar-refractivity contribution in [1.82, 2.24) is 0 Å². The van der Waals surface area contributed by atoms with Crippen LogP contribution < -0.4 is 0 Å². The van der Waals surface area contributed by atoms with E-state index in [9.17, 15) is 8.78 Å². The molecule has 0 N–H and O–H groups in total. The molecule has 0 spiro atoms. The van der Waals surface area contributed by atoms with E-state index in [1.807, 2.05) is 0 Å². The lowest BCUT2D eigenvalue weighted by atomic mass is 10.2. The number of alkyl halides is 2. The Morgan fingerprint density at radius 2 is 1.83 bits per heavy atom. The topological polar surface area (TPSA) is 0 Å². The lowest BCUT2D eigenvalue weighted by molar-refractivity contribution is 0.150. The molecule has 5 heteroatoms. The highest BCUT2D eigenvalue weighted by molar-refractivity contribution is 9.11. The molecule has 0 aliphatic heterocycles. The fraction of sp³-hybridized carbons (Fsp3) is 0.143. The number of hydrogen-bond acceptors (Lipinski definition) is 0. The molecule has 0 saturated heterocycles. The molecule has 0 unspecified atom stereocenters. The average molecular weight is 320 g/mol. The highest BCUT2D eigenvalue weighted by Gasteiger charge is 2.14. The quantitative estimate of drug-likeness (QED) is 0.652. The standard InChI is InChI=1S/C7H3Br2ClF2/c8-3-1-4(7(11)12)6(9)5(10)2-3/h1-2,7H. The molecule has 66 valence electrons. The zero-order valence-corrected chi connectivity index (χ0v) is 9.55. The third kappa shape index (κ3) is 2.18. The molecule has 1 aromatic rings. The van der Waals surface area contributed by atoms with Crippen LogP contribution in [0.5, 0.6) is 0 Å². The summed E-state index contributed by atoms with van der Waals surface area (Å²) in [6.07, 6.45) is -2.52. The molecule has 0 amide bonds. The Morgan fingerprint density at radius 3 is 2.33 bits per heavy atom. The summed E-state index contributed by atoms with van der Waals surface area (Å²) in [7, 11) is 0. The van der Waals surface area contributed by atoms with E-state index in [0.29, 0.717) is 4.47 Å². The molecule has 0 aromatic heterocycles. The van der Waals surface area contributed by atoms with Gasteiger partial charge in [-0.1, -0.05) is 27.5 Å². The van der Waals surface area contributed by atoms with E-state index in [1.165, 1.54) is 6.07 Å². The lowest BCUT2D eigenvalue weighted by Gasteiger charge is -2.05. The number of benzene rings is 1. The third-order valence-electron chi connectivity index (χ3n) is 1.26. The Hall–Kier alpha value is 0.330. The van der Waals surface area contributed by atoms with Gasteiger partial charge in [0.05, 0.1) is 5.02 Å². The van der Waals surface area contributed by atoms with Gasteiger partial charge in [-0.15, -0.1) is 0 Å². The van der Waals surface area contributed by atoms with E-state index < -0.39 is 6.43 Å². The SMILES string of the molecule is FC(F)c1cc(Br)cc(Cl)c1Br. The second kappa shape index (κ2) is 4.03. The van der Waals surface area contributed by atoms with E-state index in [4.69, 9.17) is 11.6 Å². The van der Waals surface area contributed by atoms with E-state index in [0.717, 1.165) is 0 Å². The summed E-state index contributed by atoms with van der Waals surface area (Å²) in [6.45, 7) is 0. The second-order valence-electron chi connectivity index (χ2n) is 2.09. The van der Waals surface area contributed by atoms with Gasteiger partial charge in [0, 0.05) is 14.5 Å². The van der Waals surface area contributed by atoms with Gasteiger partial charge in [-0.3, -0.25) is 0 Å². The predicted molar refractivity (Wildman–Crippen MR) is 51.8 cm³/mol. The number of halogens is 5. The Morgan fingerprint density at radius 1 is 1.25 bits per heavy atom. The first kappa shape index (κ1) is 10.4. The zero-order chi connectivity index (χ0) is 9.30. The van der Waals surface area contributed by atoms with Crippen LogP contribution in [0, 0.1) is 0 Å². The minimum atomic E-state index is -2.52. The highest BCUT2D eigenvalue weighted by Crippen LogP contribution is 2.35. The van der Waals surface area contributed by atoms with Crippen LogP contribution in [0.3, 0.4) is 0 Å². The van der Waals surface area contributed by atoms with E-state index in [-0.39, 0.29) is 15.1 Å². The smallest absolute Gasteiger partial charge is 0.205 e. The summed E-state index contributed by atoms with van der Waals surface area (Å²) < 4.78 is 25.4. The summed E-state index contributed by atoms with van der Waals surface area (Å²) in [5.74, 6) is 0. The Bertz CT molecular complexity index is 302.